The topological polar surface area (TPSA) is 43.6 Å². The van der Waals surface area contributed by atoms with E-state index in [0.717, 1.165) is 16.7 Å². The summed E-state index contributed by atoms with van der Waals surface area (Å²) in [5.41, 5.74) is 1.84. The minimum absolute atomic E-state index is 0.447. The lowest BCUT2D eigenvalue weighted by Crippen LogP contribution is -2.40. The molecule has 0 aromatic carbocycles. The molecule has 0 unspecified atom stereocenters. The molecule has 6 heteroatoms. The smallest absolute Gasteiger partial charge is 0.154 e. The van der Waals surface area contributed by atoms with Crippen LogP contribution in [0.3, 0.4) is 0 Å². The highest BCUT2D eigenvalue weighted by Crippen LogP contribution is 2.17. The van der Waals surface area contributed by atoms with E-state index in [-0.39, 0.29) is 0 Å². The molecule has 4 nitrogen and oxygen atoms in total. The minimum atomic E-state index is -1.47. The third-order valence-electron chi connectivity index (χ3n) is 2.57. The first-order valence-electron chi connectivity index (χ1n) is 5.45. The summed E-state index contributed by atoms with van der Waals surface area (Å²) in [4.78, 5) is 4.06. The Morgan fingerprint density at radius 1 is 1.29 bits per heavy atom. The Morgan fingerprint density at radius 2 is 2.00 bits per heavy atom. The molecule has 2 aromatic heterocycles. The van der Waals surface area contributed by atoms with Crippen LogP contribution >= 0.6 is 11.6 Å². The summed E-state index contributed by atoms with van der Waals surface area (Å²) in [5.74, 6) is 0. The van der Waals surface area contributed by atoms with Crippen LogP contribution in [-0.2, 0) is 0 Å². The third-order valence-corrected chi connectivity index (χ3v) is 4.75. The van der Waals surface area contributed by atoms with Crippen molar-refractivity contribution >= 4 is 25.0 Å². The number of halogens is 1. The van der Waals surface area contributed by atoms with Gasteiger partial charge in [0.2, 0.25) is 0 Å². The number of aromatic nitrogens is 4. The molecule has 0 bridgehead atoms. The predicted octanol–water partition coefficient (Wildman–Crippen LogP) is 2.17. The molecule has 0 spiro atoms. The van der Waals surface area contributed by atoms with E-state index in [2.05, 4.69) is 34.9 Å². The lowest BCUT2D eigenvalue weighted by Gasteiger charge is -2.13. The predicted molar refractivity (Wildman–Crippen MR) is 71.9 cm³/mol. The molecule has 0 atom stereocenters. The molecular formula is C11H15ClN4Si. The maximum atomic E-state index is 6.07. The summed E-state index contributed by atoms with van der Waals surface area (Å²) in [6, 6.07) is 3.74. The second kappa shape index (κ2) is 4.23. The Hall–Kier alpha value is -1.20. The molecule has 2 aromatic rings. The van der Waals surface area contributed by atoms with Crippen molar-refractivity contribution in [2.75, 3.05) is 0 Å². The van der Waals surface area contributed by atoms with Crippen molar-refractivity contribution in [2.45, 2.75) is 26.6 Å². The second-order valence-corrected chi connectivity index (χ2v) is 10.3. The van der Waals surface area contributed by atoms with Gasteiger partial charge < -0.3 is 0 Å². The van der Waals surface area contributed by atoms with E-state index in [1.165, 1.54) is 0 Å². The van der Waals surface area contributed by atoms with Gasteiger partial charge in [-0.05, 0) is 19.1 Å². The zero-order valence-corrected chi connectivity index (χ0v) is 12.2. The maximum Gasteiger partial charge on any atom is 0.154 e. The molecule has 0 aliphatic heterocycles. The van der Waals surface area contributed by atoms with Gasteiger partial charge in [0.15, 0.2) is 5.15 Å². The average molecular weight is 267 g/mol. The zero-order valence-electron chi connectivity index (χ0n) is 10.4. The Balaban J connectivity index is 2.56. The van der Waals surface area contributed by atoms with Crippen LogP contribution in [0, 0.1) is 6.92 Å². The van der Waals surface area contributed by atoms with Crippen LogP contribution in [0.1, 0.15) is 5.69 Å². The first kappa shape index (κ1) is 12.3. The molecule has 2 heterocycles. The van der Waals surface area contributed by atoms with Crippen molar-refractivity contribution in [3.63, 3.8) is 0 Å². The lowest BCUT2D eigenvalue weighted by molar-refractivity contribution is 0.782. The van der Waals surface area contributed by atoms with Crippen molar-refractivity contribution in [1.29, 1.82) is 0 Å². The largest absolute Gasteiger partial charge is 0.242 e. The van der Waals surface area contributed by atoms with Gasteiger partial charge in [-0.3, -0.25) is 0 Å². The van der Waals surface area contributed by atoms with Gasteiger partial charge in [-0.1, -0.05) is 36.5 Å². The molecule has 17 heavy (non-hydrogen) atoms. The molecule has 2 rings (SSSR count). The SMILES string of the molecule is Cc1c([Si](C)(C)C)nnn1-c1cccnc1Cl. The first-order valence-corrected chi connectivity index (χ1v) is 9.32. The summed E-state index contributed by atoms with van der Waals surface area (Å²) >= 11 is 6.07. The van der Waals surface area contributed by atoms with Gasteiger partial charge in [-0.2, -0.15) is 0 Å². The Labute approximate surface area is 107 Å². The van der Waals surface area contributed by atoms with Gasteiger partial charge in [0.05, 0.1) is 11.0 Å². The van der Waals surface area contributed by atoms with Gasteiger partial charge >= 0.3 is 0 Å². The minimum Gasteiger partial charge on any atom is -0.242 e. The molecule has 0 amide bonds. The molecule has 0 radical (unpaired) electrons. The molecule has 0 aliphatic carbocycles. The van der Waals surface area contributed by atoms with Gasteiger partial charge in [0.1, 0.15) is 13.8 Å². The molecule has 0 saturated carbocycles. The van der Waals surface area contributed by atoms with E-state index in [0.29, 0.717) is 5.15 Å². The summed E-state index contributed by atoms with van der Waals surface area (Å²) in [7, 11) is -1.47. The van der Waals surface area contributed by atoms with E-state index < -0.39 is 8.07 Å². The summed E-state index contributed by atoms with van der Waals surface area (Å²) in [5, 5.41) is 10.0. The van der Waals surface area contributed by atoms with Gasteiger partial charge in [0, 0.05) is 6.20 Å². The Morgan fingerprint density at radius 3 is 2.53 bits per heavy atom. The molecule has 0 N–H and O–H groups in total. The molecule has 0 saturated heterocycles. The van der Waals surface area contributed by atoms with Crippen LogP contribution in [0.15, 0.2) is 18.3 Å². The van der Waals surface area contributed by atoms with Crippen LogP contribution in [0.2, 0.25) is 24.8 Å². The number of rotatable bonds is 2. The van der Waals surface area contributed by atoms with Gasteiger partial charge in [-0.15, -0.1) is 5.10 Å². The second-order valence-electron chi connectivity index (χ2n) is 5.00. The normalized spacial score (nSPS) is 11.8. The first-order chi connectivity index (χ1) is 7.91. The van der Waals surface area contributed by atoms with Crippen LogP contribution < -0.4 is 5.32 Å². The Bertz CT molecular complexity index is 545. The fourth-order valence-electron chi connectivity index (χ4n) is 1.79. The van der Waals surface area contributed by atoms with E-state index in [9.17, 15) is 0 Å². The highest BCUT2D eigenvalue weighted by Gasteiger charge is 2.25. The lowest BCUT2D eigenvalue weighted by atomic mass is 10.4. The number of hydrogen-bond donors (Lipinski definition) is 0. The molecule has 0 aliphatic rings. The molecule has 90 valence electrons. The number of pyridine rings is 1. The monoisotopic (exact) mass is 266 g/mol. The van der Waals surface area contributed by atoms with Gasteiger partial charge in [0.25, 0.3) is 0 Å². The highest BCUT2D eigenvalue weighted by molar-refractivity contribution is 6.88. The van der Waals surface area contributed by atoms with E-state index >= 15 is 0 Å². The Kier molecular flexibility index (Phi) is 3.05. The van der Waals surface area contributed by atoms with Crippen molar-refractivity contribution in [3.8, 4) is 5.69 Å². The summed E-state index contributed by atoms with van der Waals surface area (Å²) < 4.78 is 1.77. The summed E-state index contributed by atoms with van der Waals surface area (Å²) in [6.07, 6.45) is 1.66. The average Bonchev–Trinajstić information content (AvgIpc) is 2.60. The summed E-state index contributed by atoms with van der Waals surface area (Å²) in [6.45, 7) is 8.77. The standard InChI is InChI=1S/C11H15ClN4Si/c1-8-11(17(2,3)4)14-15-16(8)9-6-5-7-13-10(9)12/h5-7H,1-4H3. The van der Waals surface area contributed by atoms with Crippen molar-refractivity contribution in [2.24, 2.45) is 0 Å². The van der Waals surface area contributed by atoms with Gasteiger partial charge in [-0.25, -0.2) is 9.67 Å². The van der Waals surface area contributed by atoms with Crippen LogP contribution in [-0.4, -0.2) is 28.1 Å². The number of hydrogen-bond acceptors (Lipinski definition) is 3. The highest BCUT2D eigenvalue weighted by atomic mass is 35.5. The van der Waals surface area contributed by atoms with E-state index in [1.54, 1.807) is 10.9 Å². The van der Waals surface area contributed by atoms with Crippen LogP contribution in [0.4, 0.5) is 0 Å². The van der Waals surface area contributed by atoms with Crippen LogP contribution in [0.25, 0.3) is 5.69 Å². The quantitative estimate of drug-likeness (QED) is 0.618. The van der Waals surface area contributed by atoms with E-state index in [1.807, 2.05) is 19.1 Å². The maximum absolute atomic E-state index is 6.07. The third kappa shape index (κ3) is 2.25. The molecule has 0 fully saturated rings. The fraction of sp³-hybridized carbons (Fsp3) is 0.364. The van der Waals surface area contributed by atoms with Crippen molar-refractivity contribution < 1.29 is 0 Å². The number of nitrogens with zero attached hydrogens (tertiary/aromatic N) is 4. The van der Waals surface area contributed by atoms with Crippen molar-refractivity contribution in [1.82, 2.24) is 20.0 Å². The van der Waals surface area contributed by atoms with Crippen LogP contribution in [0.5, 0.6) is 0 Å². The molecular weight excluding hydrogens is 252 g/mol. The van der Waals surface area contributed by atoms with E-state index in [4.69, 9.17) is 11.6 Å². The van der Waals surface area contributed by atoms with Crippen molar-refractivity contribution in [3.05, 3.63) is 29.2 Å². The fourth-order valence-corrected chi connectivity index (χ4v) is 3.52. The zero-order chi connectivity index (χ0) is 12.6.